The molecule has 2 aliphatic heterocycles. The fraction of sp³-hybridized carbons (Fsp3) is 1.00. The van der Waals surface area contributed by atoms with Crippen LogP contribution in [0.5, 0.6) is 0 Å². The monoisotopic (exact) mass is 218 g/mol. The largest absolute Gasteiger partial charge is 0.370 e. The van der Waals surface area contributed by atoms with Gasteiger partial charge >= 0.3 is 0 Å². The van der Waals surface area contributed by atoms with Crippen LogP contribution in [0.4, 0.5) is 0 Å². The van der Waals surface area contributed by atoms with Crippen molar-refractivity contribution in [3.8, 4) is 0 Å². The highest BCUT2D eigenvalue weighted by Crippen LogP contribution is 2.70. The number of rotatable bonds is 0. The van der Waals surface area contributed by atoms with Gasteiger partial charge in [0.15, 0.2) is 0 Å². The minimum absolute atomic E-state index is 0.676. The molecule has 0 amide bonds. The van der Waals surface area contributed by atoms with Crippen LogP contribution in [-0.2, 0) is 9.47 Å². The first-order valence-corrected chi connectivity index (χ1v) is 7.21. The van der Waals surface area contributed by atoms with E-state index in [1.807, 2.05) is 0 Å². The molecular formula is C14H18O2. The molecule has 10 unspecified atom stereocenters. The van der Waals surface area contributed by atoms with Crippen molar-refractivity contribution in [3.63, 3.8) is 0 Å². The van der Waals surface area contributed by atoms with Crippen LogP contribution in [-0.4, -0.2) is 24.4 Å². The number of epoxide rings is 2. The highest BCUT2D eigenvalue weighted by molar-refractivity contribution is 5.19. The van der Waals surface area contributed by atoms with E-state index in [9.17, 15) is 0 Å². The maximum Gasteiger partial charge on any atom is 0.0875 e. The molecule has 0 aromatic carbocycles. The Morgan fingerprint density at radius 2 is 1.50 bits per heavy atom. The third kappa shape index (κ3) is 0.743. The minimum atomic E-state index is 0.676. The zero-order valence-corrected chi connectivity index (χ0v) is 9.42. The summed E-state index contributed by atoms with van der Waals surface area (Å²) < 4.78 is 11.6. The highest BCUT2D eigenvalue weighted by Gasteiger charge is 2.71. The fourth-order valence-corrected chi connectivity index (χ4v) is 6.39. The van der Waals surface area contributed by atoms with Gasteiger partial charge in [0.2, 0.25) is 0 Å². The van der Waals surface area contributed by atoms with Crippen LogP contribution in [0.2, 0.25) is 0 Å². The van der Waals surface area contributed by atoms with Gasteiger partial charge in [-0.25, -0.2) is 0 Å². The molecule has 2 heterocycles. The van der Waals surface area contributed by atoms with Crippen molar-refractivity contribution in [1.82, 2.24) is 0 Å². The van der Waals surface area contributed by atoms with Crippen LogP contribution in [0.3, 0.4) is 0 Å². The van der Waals surface area contributed by atoms with Crippen molar-refractivity contribution in [2.45, 2.75) is 50.1 Å². The van der Waals surface area contributed by atoms with E-state index in [4.69, 9.17) is 9.47 Å². The molecule has 4 aliphatic carbocycles. The Bertz CT molecular complexity index is 381. The molecule has 16 heavy (non-hydrogen) atoms. The van der Waals surface area contributed by atoms with Gasteiger partial charge in [0.1, 0.15) is 0 Å². The standard InChI is InChI=1S/C14H18O2/c1-5-2-10-11(15-10)4-6(5)12-7(1)8-3-9(12)14-13(8)16-14/h5-14H,1-4H2. The topological polar surface area (TPSA) is 25.1 Å². The molecule has 2 nitrogen and oxygen atoms in total. The summed E-state index contributed by atoms with van der Waals surface area (Å²) in [4.78, 5) is 0. The van der Waals surface area contributed by atoms with Crippen LogP contribution in [0.15, 0.2) is 0 Å². The van der Waals surface area contributed by atoms with Gasteiger partial charge in [0, 0.05) is 0 Å². The SMILES string of the molecule is C1C2CC3C4CC(C5OC45)C3C2CC2OC12. The third-order valence-electron chi connectivity index (χ3n) is 6.89. The molecule has 4 saturated carbocycles. The van der Waals surface area contributed by atoms with E-state index in [0.717, 1.165) is 41.6 Å². The molecule has 2 saturated heterocycles. The van der Waals surface area contributed by atoms with Crippen molar-refractivity contribution in [1.29, 1.82) is 0 Å². The van der Waals surface area contributed by atoms with Crippen molar-refractivity contribution in [2.24, 2.45) is 35.5 Å². The van der Waals surface area contributed by atoms with E-state index in [2.05, 4.69) is 0 Å². The van der Waals surface area contributed by atoms with Gasteiger partial charge in [0.05, 0.1) is 24.4 Å². The van der Waals surface area contributed by atoms with Crippen LogP contribution in [0, 0.1) is 35.5 Å². The summed E-state index contributed by atoms with van der Waals surface area (Å²) >= 11 is 0. The Morgan fingerprint density at radius 1 is 0.625 bits per heavy atom. The fourth-order valence-electron chi connectivity index (χ4n) is 6.39. The summed E-state index contributed by atoms with van der Waals surface area (Å²) in [6, 6.07) is 0. The van der Waals surface area contributed by atoms with Crippen molar-refractivity contribution < 1.29 is 9.47 Å². The second-order valence-corrected chi connectivity index (χ2v) is 7.21. The first kappa shape index (κ1) is 8.10. The first-order chi connectivity index (χ1) is 7.90. The molecule has 2 heteroatoms. The maximum atomic E-state index is 5.86. The molecule has 0 spiro atoms. The smallest absolute Gasteiger partial charge is 0.0875 e. The molecular weight excluding hydrogens is 200 g/mol. The highest BCUT2D eigenvalue weighted by atomic mass is 16.6. The Kier molecular flexibility index (Phi) is 1.13. The Morgan fingerprint density at radius 3 is 2.50 bits per heavy atom. The van der Waals surface area contributed by atoms with Crippen molar-refractivity contribution in [2.75, 3.05) is 0 Å². The van der Waals surface area contributed by atoms with E-state index < -0.39 is 0 Å². The van der Waals surface area contributed by atoms with E-state index >= 15 is 0 Å². The molecule has 2 bridgehead atoms. The average molecular weight is 218 g/mol. The molecule has 0 N–H and O–H groups in total. The van der Waals surface area contributed by atoms with Gasteiger partial charge < -0.3 is 9.47 Å². The molecule has 6 rings (SSSR count). The van der Waals surface area contributed by atoms with E-state index in [1.54, 1.807) is 0 Å². The lowest BCUT2D eigenvalue weighted by Crippen LogP contribution is -2.30. The quantitative estimate of drug-likeness (QED) is 0.580. The summed E-state index contributed by atoms with van der Waals surface area (Å²) in [5.41, 5.74) is 0. The summed E-state index contributed by atoms with van der Waals surface area (Å²) in [6.45, 7) is 0. The van der Waals surface area contributed by atoms with Gasteiger partial charge in [-0.3, -0.25) is 0 Å². The maximum absolute atomic E-state index is 5.86. The van der Waals surface area contributed by atoms with E-state index in [1.165, 1.54) is 25.7 Å². The Balaban J connectivity index is 1.41. The van der Waals surface area contributed by atoms with Gasteiger partial charge in [-0.2, -0.15) is 0 Å². The van der Waals surface area contributed by atoms with Crippen LogP contribution >= 0.6 is 0 Å². The summed E-state index contributed by atoms with van der Waals surface area (Å²) in [7, 11) is 0. The molecule has 10 atom stereocenters. The second-order valence-electron chi connectivity index (χ2n) is 7.21. The van der Waals surface area contributed by atoms with Gasteiger partial charge in [-0.05, 0) is 61.2 Å². The lowest BCUT2D eigenvalue weighted by atomic mass is 9.73. The number of ether oxygens (including phenoxy) is 2. The zero-order valence-electron chi connectivity index (χ0n) is 9.42. The number of fused-ring (bicyclic) bond motifs is 11. The van der Waals surface area contributed by atoms with E-state index in [0.29, 0.717) is 18.3 Å². The molecule has 86 valence electrons. The lowest BCUT2D eigenvalue weighted by Gasteiger charge is -2.30. The Labute approximate surface area is 95.7 Å². The predicted molar refractivity (Wildman–Crippen MR) is 56.7 cm³/mol. The van der Waals surface area contributed by atoms with Gasteiger partial charge in [-0.1, -0.05) is 0 Å². The zero-order chi connectivity index (χ0) is 10.0. The Hall–Kier alpha value is -0.0800. The number of hydrogen-bond acceptors (Lipinski definition) is 2. The van der Waals surface area contributed by atoms with Crippen molar-refractivity contribution >= 4 is 0 Å². The number of hydrogen-bond donors (Lipinski definition) is 0. The molecule has 0 radical (unpaired) electrons. The van der Waals surface area contributed by atoms with E-state index in [-0.39, 0.29) is 0 Å². The second kappa shape index (κ2) is 2.24. The minimum Gasteiger partial charge on any atom is -0.370 e. The molecule has 6 aliphatic rings. The van der Waals surface area contributed by atoms with Crippen LogP contribution < -0.4 is 0 Å². The molecule has 0 aromatic rings. The van der Waals surface area contributed by atoms with Crippen LogP contribution in [0.1, 0.15) is 25.7 Å². The van der Waals surface area contributed by atoms with Gasteiger partial charge in [-0.15, -0.1) is 0 Å². The third-order valence-corrected chi connectivity index (χ3v) is 6.89. The van der Waals surface area contributed by atoms with Crippen LogP contribution in [0.25, 0.3) is 0 Å². The summed E-state index contributed by atoms with van der Waals surface area (Å²) in [6.07, 6.45) is 8.63. The first-order valence-electron chi connectivity index (χ1n) is 7.21. The summed E-state index contributed by atoms with van der Waals surface area (Å²) in [5.74, 6) is 6.09. The average Bonchev–Trinajstić information content (AvgIpc) is 3.12. The normalized spacial score (nSPS) is 76.5. The molecule has 6 fully saturated rings. The van der Waals surface area contributed by atoms with Gasteiger partial charge in [0.25, 0.3) is 0 Å². The predicted octanol–water partition coefficient (Wildman–Crippen LogP) is 1.83. The summed E-state index contributed by atoms with van der Waals surface area (Å²) in [5, 5.41) is 0. The lowest BCUT2D eigenvalue weighted by molar-refractivity contribution is 0.172. The van der Waals surface area contributed by atoms with Crippen molar-refractivity contribution in [3.05, 3.63) is 0 Å². The molecule has 0 aromatic heterocycles.